The summed E-state index contributed by atoms with van der Waals surface area (Å²) in [5, 5.41) is 3.66. The van der Waals surface area contributed by atoms with Crippen LogP contribution >= 0.6 is 11.8 Å². The number of nitrogens with zero attached hydrogens (tertiary/aromatic N) is 1. The monoisotopic (exact) mass is 463 g/mol. The number of hydrogen-bond donors (Lipinski definition) is 2. The molecule has 2 aromatic carbocycles. The molecule has 0 bridgehead atoms. The quantitative estimate of drug-likeness (QED) is 0.303. The lowest BCUT2D eigenvalue weighted by atomic mass is 9.82. The summed E-state index contributed by atoms with van der Waals surface area (Å²) in [5.41, 5.74) is 2.83. The number of ether oxygens (including phenoxy) is 2. The molecule has 4 rings (SSSR count). The van der Waals surface area contributed by atoms with Gasteiger partial charge < -0.3 is 19.8 Å². The number of thioether (sulfide) groups is 1. The molecule has 2 N–H and O–H groups in total. The van der Waals surface area contributed by atoms with Crippen molar-refractivity contribution in [3.05, 3.63) is 92.9 Å². The molecule has 0 fully saturated rings. The summed E-state index contributed by atoms with van der Waals surface area (Å²) in [6.07, 6.45) is 0. The summed E-state index contributed by atoms with van der Waals surface area (Å²) in [7, 11) is 1.56. The van der Waals surface area contributed by atoms with Gasteiger partial charge in [0.25, 0.3) is 5.56 Å². The minimum atomic E-state index is -0.680. The number of rotatable bonds is 7. The van der Waals surface area contributed by atoms with E-state index in [-0.39, 0.29) is 12.2 Å². The fourth-order valence-corrected chi connectivity index (χ4v) is 4.74. The number of aromatic nitrogens is 2. The molecular formula is C25H25N3O4S. The number of aromatic amines is 1. The lowest BCUT2D eigenvalue weighted by Gasteiger charge is -2.29. The van der Waals surface area contributed by atoms with Gasteiger partial charge >= 0.3 is 5.97 Å². The molecule has 0 aliphatic carbocycles. The van der Waals surface area contributed by atoms with E-state index in [1.54, 1.807) is 27.0 Å². The summed E-state index contributed by atoms with van der Waals surface area (Å²) < 4.78 is 10.9. The molecule has 170 valence electrons. The average Bonchev–Trinajstić information content (AvgIpc) is 2.82. The summed E-state index contributed by atoms with van der Waals surface area (Å²) in [6, 6.07) is 17.3. The fourth-order valence-electron chi connectivity index (χ4n) is 3.92. The Morgan fingerprint density at radius 3 is 2.58 bits per heavy atom. The maximum Gasteiger partial charge on any atom is 0.336 e. The first kappa shape index (κ1) is 22.7. The second-order valence-electron chi connectivity index (χ2n) is 7.47. The smallest absolute Gasteiger partial charge is 0.336 e. The number of hydrogen-bond acceptors (Lipinski definition) is 7. The van der Waals surface area contributed by atoms with E-state index < -0.39 is 11.9 Å². The first-order chi connectivity index (χ1) is 16.0. The normalized spacial score (nSPS) is 14.9. The molecule has 0 amide bonds. The number of allylic oxidation sites excluding steroid dienone is 1. The number of carbonyl (C=O) groups is 1. The van der Waals surface area contributed by atoms with Gasteiger partial charge in [-0.2, -0.15) is 0 Å². The zero-order valence-corrected chi connectivity index (χ0v) is 19.5. The molecule has 8 heteroatoms. The second kappa shape index (κ2) is 9.95. The molecule has 1 unspecified atom stereocenters. The van der Waals surface area contributed by atoms with E-state index in [9.17, 15) is 9.59 Å². The highest BCUT2D eigenvalue weighted by Gasteiger charge is 2.37. The van der Waals surface area contributed by atoms with Crippen LogP contribution < -0.4 is 15.6 Å². The third-order valence-electron chi connectivity index (χ3n) is 5.38. The fraction of sp³-hybridized carbons (Fsp3) is 0.240. The summed E-state index contributed by atoms with van der Waals surface area (Å²) in [6.45, 7) is 3.77. The summed E-state index contributed by atoms with van der Waals surface area (Å²) in [4.78, 5) is 33.9. The second-order valence-corrected chi connectivity index (χ2v) is 8.43. The van der Waals surface area contributed by atoms with E-state index in [0.29, 0.717) is 44.9 Å². The molecule has 0 saturated heterocycles. The third kappa shape index (κ3) is 4.66. The Morgan fingerprint density at radius 2 is 1.85 bits per heavy atom. The lowest BCUT2D eigenvalue weighted by Crippen LogP contribution is -2.31. The third-order valence-corrected chi connectivity index (χ3v) is 6.33. The zero-order valence-electron chi connectivity index (χ0n) is 18.7. The number of methoxy groups -OCH3 is 1. The highest BCUT2D eigenvalue weighted by Crippen LogP contribution is 2.43. The van der Waals surface area contributed by atoms with Crippen LogP contribution in [0.15, 0.2) is 75.8 Å². The van der Waals surface area contributed by atoms with Crippen molar-refractivity contribution in [2.24, 2.45) is 0 Å². The first-order valence-electron chi connectivity index (χ1n) is 10.6. The van der Waals surface area contributed by atoms with Crippen LogP contribution in [0.1, 0.15) is 36.5 Å². The van der Waals surface area contributed by atoms with Gasteiger partial charge in [-0.3, -0.25) is 4.79 Å². The molecule has 7 nitrogen and oxygen atoms in total. The maximum absolute atomic E-state index is 13.3. The van der Waals surface area contributed by atoms with Gasteiger partial charge in [-0.05, 0) is 25.5 Å². The number of para-hydroxylation sites is 1. The maximum atomic E-state index is 13.3. The molecule has 3 aromatic rings. The standard InChI is InChI=1S/C25H25N3O4S/c1-4-32-24(30)19-15(2)26-22-21(20(19)17-12-8-9-13-18(17)31-3)23(29)28-25(27-22)33-14-16-10-6-5-7-11-16/h5-13,20H,4,14H2,1-3H3,(H2,26,27,28,29). The molecule has 2 heterocycles. The highest BCUT2D eigenvalue weighted by molar-refractivity contribution is 7.98. The van der Waals surface area contributed by atoms with Crippen LogP contribution in [0.3, 0.4) is 0 Å². The van der Waals surface area contributed by atoms with Crippen LogP contribution in [0.25, 0.3) is 0 Å². The Hall–Kier alpha value is -3.52. The van der Waals surface area contributed by atoms with Crippen LogP contribution in [0, 0.1) is 0 Å². The Bertz CT molecular complexity index is 1250. The molecule has 0 radical (unpaired) electrons. The molecule has 0 spiro atoms. The van der Waals surface area contributed by atoms with Gasteiger partial charge in [-0.15, -0.1) is 0 Å². The first-order valence-corrected chi connectivity index (χ1v) is 11.6. The average molecular weight is 464 g/mol. The van der Waals surface area contributed by atoms with Gasteiger partial charge in [0.1, 0.15) is 11.6 Å². The number of nitrogens with one attached hydrogen (secondary N) is 2. The number of anilines is 1. The number of fused-ring (bicyclic) bond motifs is 1. The van der Waals surface area contributed by atoms with Crippen molar-refractivity contribution in [1.29, 1.82) is 0 Å². The number of H-pyrrole nitrogens is 1. The topological polar surface area (TPSA) is 93.3 Å². The molecule has 1 aliphatic heterocycles. The van der Waals surface area contributed by atoms with Crippen molar-refractivity contribution in [1.82, 2.24) is 9.97 Å². The van der Waals surface area contributed by atoms with Crippen molar-refractivity contribution in [2.75, 3.05) is 19.0 Å². The van der Waals surface area contributed by atoms with Crippen molar-refractivity contribution >= 4 is 23.5 Å². The van der Waals surface area contributed by atoms with Gasteiger partial charge in [-0.25, -0.2) is 9.78 Å². The number of carbonyl (C=O) groups excluding carboxylic acids is 1. The summed E-state index contributed by atoms with van der Waals surface area (Å²) in [5.74, 6) is 0.510. The van der Waals surface area contributed by atoms with E-state index in [0.717, 1.165) is 5.56 Å². The largest absolute Gasteiger partial charge is 0.496 e. The minimum Gasteiger partial charge on any atom is -0.496 e. The predicted octanol–water partition coefficient (Wildman–Crippen LogP) is 4.47. The van der Waals surface area contributed by atoms with Crippen molar-refractivity contribution in [3.63, 3.8) is 0 Å². The van der Waals surface area contributed by atoms with Crippen molar-refractivity contribution < 1.29 is 14.3 Å². The highest BCUT2D eigenvalue weighted by atomic mass is 32.2. The molecule has 0 saturated carbocycles. The lowest BCUT2D eigenvalue weighted by molar-refractivity contribution is -0.138. The van der Waals surface area contributed by atoms with Crippen molar-refractivity contribution in [3.8, 4) is 5.75 Å². The van der Waals surface area contributed by atoms with Crippen LogP contribution in [-0.4, -0.2) is 29.7 Å². The van der Waals surface area contributed by atoms with Gasteiger partial charge in [0.05, 0.1) is 30.8 Å². The SMILES string of the molecule is CCOC(=O)C1=C(C)Nc2nc(SCc3ccccc3)[nH]c(=O)c2C1c1ccccc1OC. The van der Waals surface area contributed by atoms with Crippen molar-refractivity contribution in [2.45, 2.75) is 30.7 Å². The van der Waals surface area contributed by atoms with Crippen LogP contribution in [0.4, 0.5) is 5.82 Å². The summed E-state index contributed by atoms with van der Waals surface area (Å²) >= 11 is 1.44. The van der Waals surface area contributed by atoms with Gasteiger partial charge in [0.15, 0.2) is 5.16 Å². The Morgan fingerprint density at radius 1 is 1.12 bits per heavy atom. The zero-order chi connectivity index (χ0) is 23.4. The van der Waals surface area contributed by atoms with E-state index in [1.165, 1.54) is 11.8 Å². The Labute approximate surface area is 196 Å². The Balaban J connectivity index is 1.80. The van der Waals surface area contributed by atoms with Crippen LogP contribution in [0.2, 0.25) is 0 Å². The van der Waals surface area contributed by atoms with E-state index >= 15 is 0 Å². The number of esters is 1. The van der Waals surface area contributed by atoms with Crippen LogP contribution in [-0.2, 0) is 15.3 Å². The van der Waals surface area contributed by atoms with Gasteiger partial charge in [0, 0.05) is 17.0 Å². The number of benzene rings is 2. The molecule has 33 heavy (non-hydrogen) atoms. The van der Waals surface area contributed by atoms with E-state index in [4.69, 9.17) is 9.47 Å². The molecular weight excluding hydrogens is 438 g/mol. The van der Waals surface area contributed by atoms with E-state index in [2.05, 4.69) is 15.3 Å². The van der Waals surface area contributed by atoms with Gasteiger partial charge in [0.2, 0.25) is 0 Å². The molecule has 1 aliphatic rings. The minimum absolute atomic E-state index is 0.227. The van der Waals surface area contributed by atoms with E-state index in [1.807, 2.05) is 48.5 Å². The van der Waals surface area contributed by atoms with Gasteiger partial charge in [-0.1, -0.05) is 60.3 Å². The van der Waals surface area contributed by atoms with Crippen LogP contribution in [0.5, 0.6) is 5.75 Å². The molecule has 1 aromatic heterocycles. The molecule has 1 atom stereocenters. The predicted molar refractivity (Wildman–Crippen MR) is 129 cm³/mol. The Kier molecular flexibility index (Phi) is 6.84.